The number of ether oxygens (including phenoxy) is 2. The normalized spacial score (nSPS) is 11.8. The molecule has 0 heterocycles. The highest BCUT2D eigenvalue weighted by Gasteiger charge is 2.17. The molecule has 0 aliphatic rings. The third-order valence-electron chi connectivity index (χ3n) is 4.57. The van der Waals surface area contributed by atoms with Crippen molar-refractivity contribution in [3.8, 4) is 11.5 Å². The number of nitrogens with one attached hydrogen (secondary N) is 1. The van der Waals surface area contributed by atoms with E-state index in [0.717, 1.165) is 22.6 Å². The molecule has 1 atom stereocenters. The van der Waals surface area contributed by atoms with Crippen LogP contribution in [0.15, 0.2) is 48.5 Å². The fourth-order valence-electron chi connectivity index (χ4n) is 2.95. The van der Waals surface area contributed by atoms with Gasteiger partial charge in [0.25, 0.3) is 0 Å². The van der Waals surface area contributed by atoms with Gasteiger partial charge in [0.2, 0.25) is 0 Å². The Hall–Kier alpha value is -2.73. The van der Waals surface area contributed by atoms with Crippen molar-refractivity contribution in [3.05, 3.63) is 59.7 Å². The molecule has 0 radical (unpaired) electrons. The molecule has 152 valence electrons. The summed E-state index contributed by atoms with van der Waals surface area (Å²) in [5, 5.41) is 3.03. The van der Waals surface area contributed by atoms with Crippen LogP contribution in [0.2, 0.25) is 0 Å². The summed E-state index contributed by atoms with van der Waals surface area (Å²) < 4.78 is 10.7. The van der Waals surface area contributed by atoms with Crippen LogP contribution in [-0.4, -0.2) is 57.2 Å². The number of carbonyl (C=O) groups is 1. The van der Waals surface area contributed by atoms with Gasteiger partial charge in [-0.05, 0) is 56.4 Å². The lowest BCUT2D eigenvalue weighted by Crippen LogP contribution is -2.41. The first-order valence-electron chi connectivity index (χ1n) is 9.45. The predicted octanol–water partition coefficient (Wildman–Crippen LogP) is 3.54. The van der Waals surface area contributed by atoms with Crippen LogP contribution in [0.1, 0.15) is 24.1 Å². The van der Waals surface area contributed by atoms with Crippen LogP contribution >= 0.6 is 0 Å². The SMILES string of the molecule is CCOc1ccc(CN(C)C(=O)NCC(c2ccc(OC)cc2)N(C)C)cc1. The molecule has 0 aromatic heterocycles. The Morgan fingerprint density at radius 1 is 1.00 bits per heavy atom. The van der Waals surface area contributed by atoms with E-state index in [1.54, 1.807) is 19.1 Å². The molecule has 0 fully saturated rings. The number of amides is 2. The van der Waals surface area contributed by atoms with Crippen molar-refractivity contribution in [3.63, 3.8) is 0 Å². The fourth-order valence-corrected chi connectivity index (χ4v) is 2.95. The number of carbonyl (C=O) groups excluding carboxylic acids is 1. The third kappa shape index (κ3) is 6.16. The summed E-state index contributed by atoms with van der Waals surface area (Å²) in [5.41, 5.74) is 2.18. The van der Waals surface area contributed by atoms with Crippen molar-refractivity contribution >= 4 is 6.03 Å². The van der Waals surface area contributed by atoms with E-state index in [4.69, 9.17) is 9.47 Å². The first kappa shape index (κ1) is 21.6. The number of benzene rings is 2. The molecule has 1 unspecified atom stereocenters. The van der Waals surface area contributed by atoms with Gasteiger partial charge in [-0.2, -0.15) is 0 Å². The second-order valence-corrected chi connectivity index (χ2v) is 6.87. The number of likely N-dealkylation sites (N-methyl/N-ethyl adjacent to an activating group) is 1. The Balaban J connectivity index is 1.91. The number of methoxy groups -OCH3 is 1. The van der Waals surface area contributed by atoms with Gasteiger partial charge in [0.05, 0.1) is 19.8 Å². The third-order valence-corrected chi connectivity index (χ3v) is 4.57. The summed E-state index contributed by atoms with van der Waals surface area (Å²) in [7, 11) is 7.46. The molecule has 0 saturated heterocycles. The summed E-state index contributed by atoms with van der Waals surface area (Å²) in [5.74, 6) is 1.66. The smallest absolute Gasteiger partial charge is 0.317 e. The summed E-state index contributed by atoms with van der Waals surface area (Å²) in [6.07, 6.45) is 0. The van der Waals surface area contributed by atoms with Gasteiger partial charge in [-0.25, -0.2) is 4.79 Å². The van der Waals surface area contributed by atoms with E-state index in [-0.39, 0.29) is 12.1 Å². The van der Waals surface area contributed by atoms with Crippen molar-refractivity contribution in [2.24, 2.45) is 0 Å². The number of hydrogen-bond donors (Lipinski definition) is 1. The van der Waals surface area contributed by atoms with Crippen LogP contribution in [0.3, 0.4) is 0 Å². The fraction of sp³-hybridized carbons (Fsp3) is 0.409. The average Bonchev–Trinajstić information content (AvgIpc) is 2.70. The number of urea groups is 1. The zero-order valence-corrected chi connectivity index (χ0v) is 17.4. The van der Waals surface area contributed by atoms with Crippen molar-refractivity contribution in [1.29, 1.82) is 0 Å². The van der Waals surface area contributed by atoms with Crippen molar-refractivity contribution < 1.29 is 14.3 Å². The molecular formula is C22H31N3O3. The van der Waals surface area contributed by atoms with Gasteiger partial charge >= 0.3 is 6.03 Å². The largest absolute Gasteiger partial charge is 0.497 e. The lowest BCUT2D eigenvalue weighted by molar-refractivity contribution is 0.200. The topological polar surface area (TPSA) is 54.0 Å². The molecule has 0 spiro atoms. The Morgan fingerprint density at radius 3 is 2.14 bits per heavy atom. The van der Waals surface area contributed by atoms with Crippen LogP contribution in [0.25, 0.3) is 0 Å². The van der Waals surface area contributed by atoms with Crippen LogP contribution in [0.5, 0.6) is 11.5 Å². The standard InChI is InChI=1S/C22H31N3O3/c1-6-28-20-11-7-17(8-12-20)16-25(4)22(26)23-15-21(24(2)3)18-9-13-19(27-5)14-10-18/h7-14,21H,6,15-16H2,1-5H3,(H,23,26). The van der Waals surface area contributed by atoms with E-state index in [2.05, 4.69) is 10.2 Å². The lowest BCUT2D eigenvalue weighted by atomic mass is 10.1. The molecule has 2 amide bonds. The highest BCUT2D eigenvalue weighted by Crippen LogP contribution is 2.21. The van der Waals surface area contributed by atoms with E-state index in [0.29, 0.717) is 19.7 Å². The van der Waals surface area contributed by atoms with E-state index in [1.165, 1.54) is 0 Å². The molecular weight excluding hydrogens is 354 g/mol. The first-order valence-corrected chi connectivity index (χ1v) is 9.45. The van der Waals surface area contributed by atoms with E-state index < -0.39 is 0 Å². The maximum atomic E-state index is 12.5. The van der Waals surface area contributed by atoms with Gasteiger partial charge in [-0.15, -0.1) is 0 Å². The van der Waals surface area contributed by atoms with Crippen LogP contribution < -0.4 is 14.8 Å². The maximum absolute atomic E-state index is 12.5. The summed E-state index contributed by atoms with van der Waals surface area (Å²) in [6, 6.07) is 15.7. The lowest BCUT2D eigenvalue weighted by Gasteiger charge is -2.27. The van der Waals surface area contributed by atoms with Crippen molar-refractivity contribution in [1.82, 2.24) is 15.1 Å². The molecule has 0 bridgehead atoms. The number of hydrogen-bond acceptors (Lipinski definition) is 4. The zero-order valence-electron chi connectivity index (χ0n) is 17.4. The van der Waals surface area contributed by atoms with Crippen LogP contribution in [-0.2, 0) is 6.54 Å². The average molecular weight is 386 g/mol. The van der Waals surface area contributed by atoms with Gasteiger partial charge in [-0.1, -0.05) is 24.3 Å². The van der Waals surface area contributed by atoms with Crippen molar-refractivity contribution in [2.45, 2.75) is 19.5 Å². The van der Waals surface area contributed by atoms with Gasteiger partial charge in [0.1, 0.15) is 11.5 Å². The quantitative estimate of drug-likeness (QED) is 0.717. The van der Waals surface area contributed by atoms with Gasteiger partial charge in [0, 0.05) is 20.1 Å². The number of rotatable bonds is 9. The molecule has 2 aromatic rings. The molecule has 0 saturated carbocycles. The van der Waals surface area contributed by atoms with Gasteiger partial charge in [0.15, 0.2) is 0 Å². The summed E-state index contributed by atoms with van der Waals surface area (Å²) >= 11 is 0. The van der Waals surface area contributed by atoms with Crippen LogP contribution in [0.4, 0.5) is 4.79 Å². The number of nitrogens with zero attached hydrogens (tertiary/aromatic N) is 2. The molecule has 28 heavy (non-hydrogen) atoms. The Morgan fingerprint density at radius 2 is 1.61 bits per heavy atom. The molecule has 6 nitrogen and oxygen atoms in total. The van der Waals surface area contributed by atoms with E-state index >= 15 is 0 Å². The predicted molar refractivity (Wildman–Crippen MR) is 112 cm³/mol. The molecule has 2 aromatic carbocycles. The molecule has 6 heteroatoms. The van der Waals surface area contributed by atoms with Gasteiger partial charge in [-0.3, -0.25) is 0 Å². The highest BCUT2D eigenvalue weighted by molar-refractivity contribution is 5.73. The summed E-state index contributed by atoms with van der Waals surface area (Å²) in [4.78, 5) is 16.3. The maximum Gasteiger partial charge on any atom is 0.317 e. The first-order chi connectivity index (χ1) is 13.4. The molecule has 0 aliphatic heterocycles. The van der Waals surface area contributed by atoms with E-state index in [1.807, 2.05) is 69.6 Å². The second kappa shape index (κ2) is 10.6. The molecule has 1 N–H and O–H groups in total. The highest BCUT2D eigenvalue weighted by atomic mass is 16.5. The second-order valence-electron chi connectivity index (χ2n) is 6.87. The van der Waals surface area contributed by atoms with Crippen LogP contribution in [0, 0.1) is 0 Å². The monoisotopic (exact) mass is 385 g/mol. The zero-order chi connectivity index (χ0) is 20.5. The summed E-state index contributed by atoms with van der Waals surface area (Å²) in [6.45, 7) is 3.65. The Labute approximate surface area is 168 Å². The Bertz CT molecular complexity index is 730. The van der Waals surface area contributed by atoms with E-state index in [9.17, 15) is 4.79 Å². The van der Waals surface area contributed by atoms with Crippen molar-refractivity contribution in [2.75, 3.05) is 41.4 Å². The molecule has 0 aliphatic carbocycles. The molecule has 2 rings (SSSR count). The minimum absolute atomic E-state index is 0.0775. The minimum Gasteiger partial charge on any atom is -0.497 e. The van der Waals surface area contributed by atoms with Gasteiger partial charge < -0.3 is 24.6 Å². The Kier molecular flexibility index (Phi) is 8.14. The minimum atomic E-state index is -0.103.